The first-order valence-electron chi connectivity index (χ1n) is 10.3. The summed E-state index contributed by atoms with van der Waals surface area (Å²) in [6.45, 7) is 1.53. The highest BCUT2D eigenvalue weighted by Crippen LogP contribution is 2.55. The Morgan fingerprint density at radius 1 is 0.581 bits per heavy atom. The molecule has 31 heavy (non-hydrogen) atoms. The van der Waals surface area contributed by atoms with Crippen molar-refractivity contribution < 1.29 is 9.59 Å². The lowest BCUT2D eigenvalue weighted by Gasteiger charge is -2.27. The average Bonchev–Trinajstić information content (AvgIpc) is 2.84. The smallest absolute Gasteiger partial charge is 0.201 e. The van der Waals surface area contributed by atoms with Gasteiger partial charge in [0.25, 0.3) is 0 Å². The highest BCUT2D eigenvalue weighted by molar-refractivity contribution is 7.96. The number of carbonyl (C=O) groups is 2. The molecule has 0 aliphatic heterocycles. The number of benzene rings is 4. The summed E-state index contributed by atoms with van der Waals surface area (Å²) in [5, 5.41) is 3.51. The molecule has 2 nitrogen and oxygen atoms in total. The Labute approximate surface area is 183 Å². The van der Waals surface area contributed by atoms with E-state index in [1.807, 2.05) is 60.7 Å². The van der Waals surface area contributed by atoms with Crippen LogP contribution in [-0.2, 0) is 0 Å². The number of Topliss-reactive ketones (excluding diaryl/α,β-unsaturated/α-hetero) is 2. The van der Waals surface area contributed by atoms with Gasteiger partial charge in [0, 0.05) is 11.1 Å². The van der Waals surface area contributed by atoms with Gasteiger partial charge in [0.2, 0.25) is 5.78 Å². The van der Waals surface area contributed by atoms with E-state index in [1.54, 1.807) is 18.2 Å². The molecule has 0 heterocycles. The molecule has 0 aliphatic rings. The monoisotopic (exact) mass is 423 g/mol. The Bertz CT molecular complexity index is 1090. The molecule has 0 amide bonds. The summed E-state index contributed by atoms with van der Waals surface area (Å²) >= 11 is 0. The zero-order valence-electron chi connectivity index (χ0n) is 17.4. The van der Waals surface area contributed by atoms with Gasteiger partial charge in [-0.15, -0.1) is 0 Å². The molecular formula is C28H24O2P+. The number of ketones is 2. The van der Waals surface area contributed by atoms with Crippen molar-refractivity contribution in [3.63, 3.8) is 0 Å². The van der Waals surface area contributed by atoms with Crippen LogP contribution in [0.5, 0.6) is 0 Å². The lowest BCUT2D eigenvalue weighted by atomic mass is 10.1. The van der Waals surface area contributed by atoms with Gasteiger partial charge in [-0.2, -0.15) is 0 Å². The van der Waals surface area contributed by atoms with Crippen LogP contribution < -0.4 is 15.9 Å². The molecule has 0 spiro atoms. The molecule has 0 N–H and O–H groups in total. The number of hydrogen-bond acceptors (Lipinski definition) is 2. The minimum atomic E-state index is -2.25. The van der Waals surface area contributed by atoms with Gasteiger partial charge in [-0.1, -0.05) is 72.8 Å². The van der Waals surface area contributed by atoms with Crippen LogP contribution >= 0.6 is 7.26 Å². The maximum Gasteiger partial charge on any atom is 0.201 e. The SMILES string of the molecule is CC(=O)c1cccc(C(=O)C[P+](c2ccccc2)(c2ccccc2)c2ccccc2)c1. The maximum absolute atomic E-state index is 13.7. The lowest BCUT2D eigenvalue weighted by molar-refractivity contribution is 0.101. The minimum Gasteiger partial charge on any atom is -0.295 e. The van der Waals surface area contributed by atoms with Gasteiger partial charge in [0.15, 0.2) is 5.78 Å². The summed E-state index contributed by atoms with van der Waals surface area (Å²) < 4.78 is 0. The molecule has 0 aromatic heterocycles. The van der Waals surface area contributed by atoms with E-state index in [0.29, 0.717) is 17.3 Å². The number of carbonyl (C=O) groups excluding carboxylic acids is 2. The molecule has 3 heteroatoms. The van der Waals surface area contributed by atoms with Crippen LogP contribution in [0.1, 0.15) is 27.6 Å². The first-order chi connectivity index (χ1) is 15.1. The Morgan fingerprint density at radius 2 is 1.00 bits per heavy atom. The fraction of sp³-hybridized carbons (Fsp3) is 0.0714. The van der Waals surface area contributed by atoms with Crippen LogP contribution in [0.4, 0.5) is 0 Å². The summed E-state index contributed by atoms with van der Waals surface area (Å²) in [7, 11) is -2.25. The Morgan fingerprint density at radius 3 is 1.42 bits per heavy atom. The zero-order valence-corrected chi connectivity index (χ0v) is 18.3. The largest absolute Gasteiger partial charge is 0.295 e. The maximum atomic E-state index is 13.7. The summed E-state index contributed by atoms with van der Waals surface area (Å²) in [4.78, 5) is 25.5. The van der Waals surface area contributed by atoms with E-state index in [4.69, 9.17) is 0 Å². The normalized spacial score (nSPS) is 11.1. The van der Waals surface area contributed by atoms with Crippen molar-refractivity contribution in [2.75, 3.05) is 6.16 Å². The standard InChI is InChI=1S/C28H24O2P/c1-22(29)23-12-11-13-24(20-23)28(30)21-31(25-14-5-2-6-15-25,26-16-7-3-8-17-26)27-18-9-4-10-19-27/h2-20H,21H2,1H3/q+1. The fourth-order valence-corrected chi connectivity index (χ4v) is 8.09. The molecule has 0 unspecified atom stereocenters. The van der Waals surface area contributed by atoms with Crippen LogP contribution in [0.3, 0.4) is 0 Å². The van der Waals surface area contributed by atoms with Gasteiger partial charge in [-0.3, -0.25) is 9.59 Å². The molecule has 152 valence electrons. The van der Waals surface area contributed by atoms with Crippen molar-refractivity contribution in [3.8, 4) is 0 Å². The quantitative estimate of drug-likeness (QED) is 0.307. The highest BCUT2D eigenvalue weighted by atomic mass is 31.2. The van der Waals surface area contributed by atoms with Gasteiger partial charge in [0.05, 0.1) is 0 Å². The van der Waals surface area contributed by atoms with Gasteiger partial charge in [-0.25, -0.2) is 0 Å². The van der Waals surface area contributed by atoms with Crippen LogP contribution in [0.25, 0.3) is 0 Å². The van der Waals surface area contributed by atoms with Crippen molar-refractivity contribution in [1.82, 2.24) is 0 Å². The van der Waals surface area contributed by atoms with Crippen molar-refractivity contribution in [3.05, 3.63) is 126 Å². The lowest BCUT2D eigenvalue weighted by Crippen LogP contribution is -2.35. The van der Waals surface area contributed by atoms with Crippen molar-refractivity contribution in [1.29, 1.82) is 0 Å². The second-order valence-electron chi connectivity index (χ2n) is 7.53. The van der Waals surface area contributed by atoms with Crippen molar-refractivity contribution in [2.24, 2.45) is 0 Å². The molecule has 4 aromatic rings. The number of rotatable bonds is 7. The van der Waals surface area contributed by atoms with Crippen LogP contribution in [0, 0.1) is 0 Å². The summed E-state index contributed by atoms with van der Waals surface area (Å²) in [6.07, 6.45) is 0.367. The Kier molecular flexibility index (Phi) is 6.21. The molecule has 0 radical (unpaired) electrons. The molecule has 4 aromatic carbocycles. The van der Waals surface area contributed by atoms with Crippen LogP contribution in [0.2, 0.25) is 0 Å². The third-order valence-corrected chi connectivity index (χ3v) is 9.86. The van der Waals surface area contributed by atoms with Gasteiger partial charge in [-0.05, 0) is 49.4 Å². The third kappa shape index (κ3) is 4.26. The fourth-order valence-electron chi connectivity index (χ4n) is 3.99. The van der Waals surface area contributed by atoms with Crippen LogP contribution in [0.15, 0.2) is 115 Å². The molecule has 0 aliphatic carbocycles. The Hall–Kier alpha value is -3.35. The molecule has 0 atom stereocenters. The molecule has 4 rings (SSSR count). The average molecular weight is 423 g/mol. The van der Waals surface area contributed by atoms with E-state index in [1.165, 1.54) is 22.8 Å². The minimum absolute atomic E-state index is 0.0371. The van der Waals surface area contributed by atoms with E-state index < -0.39 is 7.26 Å². The van der Waals surface area contributed by atoms with Crippen molar-refractivity contribution >= 4 is 34.7 Å². The molecule has 0 saturated carbocycles. The molecule has 0 bridgehead atoms. The van der Waals surface area contributed by atoms with E-state index in [9.17, 15) is 9.59 Å². The first kappa shape index (κ1) is 20.9. The predicted molar refractivity (Wildman–Crippen MR) is 131 cm³/mol. The van der Waals surface area contributed by atoms with Gasteiger partial charge < -0.3 is 0 Å². The second-order valence-corrected chi connectivity index (χ2v) is 11.0. The molecule has 0 fully saturated rings. The van der Waals surface area contributed by atoms with Crippen LogP contribution in [-0.4, -0.2) is 17.7 Å². The topological polar surface area (TPSA) is 34.1 Å². The highest BCUT2D eigenvalue weighted by Gasteiger charge is 2.47. The Balaban J connectivity index is 1.91. The van der Waals surface area contributed by atoms with E-state index in [0.717, 1.165) is 0 Å². The summed E-state index contributed by atoms with van der Waals surface area (Å²) in [5.41, 5.74) is 1.15. The summed E-state index contributed by atoms with van der Waals surface area (Å²) in [6, 6.07) is 38.1. The van der Waals surface area contributed by atoms with Crippen molar-refractivity contribution in [2.45, 2.75) is 6.92 Å². The van der Waals surface area contributed by atoms with Gasteiger partial charge in [0.1, 0.15) is 29.3 Å². The molecule has 0 saturated heterocycles. The van der Waals surface area contributed by atoms with Gasteiger partial charge >= 0.3 is 0 Å². The first-order valence-corrected chi connectivity index (χ1v) is 12.3. The molecular weight excluding hydrogens is 399 g/mol. The summed E-state index contributed by atoms with van der Waals surface area (Å²) in [5.74, 6) is 0.0119. The van der Waals surface area contributed by atoms with E-state index in [-0.39, 0.29) is 11.6 Å². The zero-order chi connectivity index (χ0) is 21.7. The third-order valence-electron chi connectivity index (χ3n) is 5.56. The second kappa shape index (κ2) is 9.20. The predicted octanol–water partition coefficient (Wildman–Crippen LogP) is 5.07. The van der Waals surface area contributed by atoms with E-state index >= 15 is 0 Å². The number of hydrogen-bond donors (Lipinski definition) is 0. The van der Waals surface area contributed by atoms with E-state index in [2.05, 4.69) is 36.4 Å².